The van der Waals surface area contributed by atoms with Crippen molar-refractivity contribution in [1.82, 2.24) is 9.97 Å². The van der Waals surface area contributed by atoms with Crippen LogP contribution in [0.1, 0.15) is 29.8 Å². The molecule has 0 radical (unpaired) electrons. The van der Waals surface area contributed by atoms with Gasteiger partial charge in [0.1, 0.15) is 5.82 Å². The minimum absolute atomic E-state index is 0.339. The Morgan fingerprint density at radius 3 is 2.50 bits per heavy atom. The van der Waals surface area contributed by atoms with Crippen LogP contribution in [0.4, 0.5) is 0 Å². The lowest BCUT2D eigenvalue weighted by Crippen LogP contribution is -1.97. The van der Waals surface area contributed by atoms with Crippen molar-refractivity contribution in [3.05, 3.63) is 53.6 Å². The highest BCUT2D eigenvalue weighted by Crippen LogP contribution is 2.20. The third-order valence-corrected chi connectivity index (χ3v) is 2.51. The van der Waals surface area contributed by atoms with E-state index in [0.717, 1.165) is 5.82 Å². The van der Waals surface area contributed by atoms with E-state index in [2.05, 4.69) is 48.1 Å². The van der Waals surface area contributed by atoms with Crippen molar-refractivity contribution in [2.24, 2.45) is 0 Å². The van der Waals surface area contributed by atoms with Crippen LogP contribution in [0.25, 0.3) is 0 Å². The van der Waals surface area contributed by atoms with Crippen molar-refractivity contribution >= 4 is 0 Å². The summed E-state index contributed by atoms with van der Waals surface area (Å²) in [6.45, 7) is 4.25. The maximum Gasteiger partial charge on any atom is 0.113 e. The van der Waals surface area contributed by atoms with E-state index in [1.54, 1.807) is 6.20 Å². The van der Waals surface area contributed by atoms with Crippen LogP contribution in [0.5, 0.6) is 0 Å². The van der Waals surface area contributed by atoms with Crippen molar-refractivity contribution in [2.75, 3.05) is 0 Å². The summed E-state index contributed by atoms with van der Waals surface area (Å²) in [6.07, 6.45) is 3.65. The van der Waals surface area contributed by atoms with E-state index in [9.17, 15) is 0 Å². The average molecular weight is 186 g/mol. The second kappa shape index (κ2) is 3.66. The highest BCUT2D eigenvalue weighted by atomic mass is 14.9. The second-order valence-electron chi connectivity index (χ2n) is 3.61. The molecule has 2 aromatic rings. The SMILES string of the molecule is Cc1ccc(C(C)c2ncc[nH]2)cc1. The van der Waals surface area contributed by atoms with Gasteiger partial charge < -0.3 is 4.98 Å². The summed E-state index contributed by atoms with van der Waals surface area (Å²) in [7, 11) is 0. The van der Waals surface area contributed by atoms with Crippen LogP contribution in [0.2, 0.25) is 0 Å². The van der Waals surface area contributed by atoms with Gasteiger partial charge in [-0.15, -0.1) is 0 Å². The Hall–Kier alpha value is -1.57. The standard InChI is InChI=1S/C12H14N2/c1-9-3-5-11(6-4-9)10(2)12-13-7-8-14-12/h3-8,10H,1-2H3,(H,13,14). The number of benzene rings is 1. The van der Waals surface area contributed by atoms with Crippen molar-refractivity contribution in [2.45, 2.75) is 19.8 Å². The summed E-state index contributed by atoms with van der Waals surface area (Å²) in [5.74, 6) is 1.36. The zero-order valence-corrected chi connectivity index (χ0v) is 8.49. The zero-order chi connectivity index (χ0) is 9.97. The smallest absolute Gasteiger partial charge is 0.113 e. The minimum atomic E-state index is 0.339. The Kier molecular flexibility index (Phi) is 2.35. The molecule has 0 aliphatic heterocycles. The summed E-state index contributed by atoms with van der Waals surface area (Å²) >= 11 is 0. The molecule has 1 N–H and O–H groups in total. The topological polar surface area (TPSA) is 28.7 Å². The molecule has 1 unspecified atom stereocenters. The van der Waals surface area contributed by atoms with Gasteiger partial charge in [0.25, 0.3) is 0 Å². The number of rotatable bonds is 2. The maximum absolute atomic E-state index is 4.26. The van der Waals surface area contributed by atoms with Gasteiger partial charge in [-0.25, -0.2) is 4.98 Å². The van der Waals surface area contributed by atoms with Crippen LogP contribution in [0, 0.1) is 6.92 Å². The van der Waals surface area contributed by atoms with E-state index in [1.165, 1.54) is 11.1 Å². The molecule has 0 amide bonds. The van der Waals surface area contributed by atoms with E-state index < -0.39 is 0 Å². The monoisotopic (exact) mass is 186 g/mol. The van der Waals surface area contributed by atoms with Crippen LogP contribution in [-0.2, 0) is 0 Å². The van der Waals surface area contributed by atoms with E-state index >= 15 is 0 Å². The molecule has 1 aromatic heterocycles. The van der Waals surface area contributed by atoms with E-state index in [-0.39, 0.29) is 0 Å². The summed E-state index contributed by atoms with van der Waals surface area (Å²) < 4.78 is 0. The lowest BCUT2D eigenvalue weighted by Gasteiger charge is -2.08. The van der Waals surface area contributed by atoms with Gasteiger partial charge in [0.15, 0.2) is 0 Å². The molecule has 0 bridgehead atoms. The fourth-order valence-electron chi connectivity index (χ4n) is 1.53. The van der Waals surface area contributed by atoms with E-state index in [0.29, 0.717) is 5.92 Å². The van der Waals surface area contributed by atoms with Gasteiger partial charge >= 0.3 is 0 Å². The molecule has 72 valence electrons. The summed E-state index contributed by atoms with van der Waals surface area (Å²) in [6, 6.07) is 8.58. The van der Waals surface area contributed by atoms with Crippen LogP contribution in [0.15, 0.2) is 36.7 Å². The van der Waals surface area contributed by atoms with Crippen LogP contribution < -0.4 is 0 Å². The molecule has 2 heteroatoms. The molecule has 1 aromatic carbocycles. The quantitative estimate of drug-likeness (QED) is 0.767. The Bertz CT molecular complexity index is 387. The number of H-pyrrole nitrogens is 1. The average Bonchev–Trinajstić information content (AvgIpc) is 2.71. The first-order valence-electron chi connectivity index (χ1n) is 4.83. The number of aromatic nitrogens is 2. The Morgan fingerprint density at radius 2 is 1.93 bits per heavy atom. The zero-order valence-electron chi connectivity index (χ0n) is 8.49. The van der Waals surface area contributed by atoms with Crippen LogP contribution in [-0.4, -0.2) is 9.97 Å². The minimum Gasteiger partial charge on any atom is -0.348 e. The molecule has 0 fully saturated rings. The molecule has 2 nitrogen and oxygen atoms in total. The Balaban J connectivity index is 2.28. The van der Waals surface area contributed by atoms with Gasteiger partial charge in [0.2, 0.25) is 0 Å². The Labute approximate surface area is 84.0 Å². The normalized spacial score (nSPS) is 12.7. The van der Waals surface area contributed by atoms with E-state index in [4.69, 9.17) is 0 Å². The first-order valence-corrected chi connectivity index (χ1v) is 4.83. The number of nitrogens with zero attached hydrogens (tertiary/aromatic N) is 1. The van der Waals surface area contributed by atoms with Gasteiger partial charge in [0.05, 0.1) is 0 Å². The largest absolute Gasteiger partial charge is 0.348 e. The highest BCUT2D eigenvalue weighted by Gasteiger charge is 2.09. The molecule has 2 rings (SSSR count). The predicted molar refractivity (Wildman–Crippen MR) is 57.3 cm³/mol. The van der Waals surface area contributed by atoms with Crippen molar-refractivity contribution < 1.29 is 0 Å². The maximum atomic E-state index is 4.26. The predicted octanol–water partition coefficient (Wildman–Crippen LogP) is 2.87. The fraction of sp³-hybridized carbons (Fsp3) is 0.250. The van der Waals surface area contributed by atoms with Gasteiger partial charge in [0, 0.05) is 18.3 Å². The molecular formula is C12H14N2. The van der Waals surface area contributed by atoms with Gasteiger partial charge in [-0.1, -0.05) is 36.8 Å². The summed E-state index contributed by atoms with van der Waals surface area (Å²) in [5.41, 5.74) is 2.59. The Morgan fingerprint density at radius 1 is 1.21 bits per heavy atom. The lowest BCUT2D eigenvalue weighted by atomic mass is 10.00. The fourth-order valence-corrected chi connectivity index (χ4v) is 1.53. The summed E-state index contributed by atoms with van der Waals surface area (Å²) in [4.78, 5) is 7.40. The van der Waals surface area contributed by atoms with E-state index in [1.807, 2.05) is 6.20 Å². The van der Waals surface area contributed by atoms with Crippen molar-refractivity contribution in [1.29, 1.82) is 0 Å². The third-order valence-electron chi connectivity index (χ3n) is 2.51. The van der Waals surface area contributed by atoms with Gasteiger partial charge in [-0.3, -0.25) is 0 Å². The molecule has 0 saturated heterocycles. The number of aryl methyl sites for hydroxylation is 1. The van der Waals surface area contributed by atoms with Crippen molar-refractivity contribution in [3.8, 4) is 0 Å². The molecule has 1 heterocycles. The van der Waals surface area contributed by atoms with Crippen molar-refractivity contribution in [3.63, 3.8) is 0 Å². The number of hydrogen-bond donors (Lipinski definition) is 1. The first kappa shape index (κ1) is 9.00. The lowest BCUT2D eigenvalue weighted by molar-refractivity contribution is 0.839. The second-order valence-corrected chi connectivity index (χ2v) is 3.61. The van der Waals surface area contributed by atoms with Crippen LogP contribution in [0.3, 0.4) is 0 Å². The molecule has 1 atom stereocenters. The highest BCUT2D eigenvalue weighted by molar-refractivity contribution is 5.27. The van der Waals surface area contributed by atoms with Gasteiger partial charge in [-0.05, 0) is 12.5 Å². The molecule has 0 saturated carbocycles. The number of hydrogen-bond acceptors (Lipinski definition) is 1. The number of aromatic amines is 1. The third kappa shape index (κ3) is 1.69. The van der Waals surface area contributed by atoms with Crippen LogP contribution >= 0.6 is 0 Å². The summed E-state index contributed by atoms with van der Waals surface area (Å²) in [5, 5.41) is 0. The number of nitrogens with one attached hydrogen (secondary N) is 1. The molecule has 0 aliphatic carbocycles. The molecule has 0 spiro atoms. The number of imidazole rings is 1. The van der Waals surface area contributed by atoms with Gasteiger partial charge in [-0.2, -0.15) is 0 Å². The first-order chi connectivity index (χ1) is 6.77. The molecular weight excluding hydrogens is 172 g/mol. The molecule has 14 heavy (non-hydrogen) atoms. The molecule has 0 aliphatic rings.